The Morgan fingerprint density at radius 1 is 1.12 bits per heavy atom. The lowest BCUT2D eigenvalue weighted by molar-refractivity contribution is -0.224. The fourth-order valence-corrected chi connectivity index (χ4v) is 4.64. The van der Waals surface area contributed by atoms with Crippen molar-refractivity contribution in [3.8, 4) is 5.88 Å². The molecule has 2 aromatic rings. The summed E-state index contributed by atoms with van der Waals surface area (Å²) in [6.45, 7) is 1.46. The number of aryl methyl sites for hydroxylation is 1. The molecule has 1 aromatic carbocycles. The van der Waals surface area contributed by atoms with Crippen molar-refractivity contribution in [1.29, 1.82) is 0 Å². The molecule has 174 valence electrons. The monoisotopic (exact) mass is 470 g/mol. The van der Waals surface area contributed by atoms with Gasteiger partial charge in [0, 0.05) is 11.8 Å². The van der Waals surface area contributed by atoms with Crippen molar-refractivity contribution in [2.24, 2.45) is 0 Å². The molecule has 5 atom stereocenters. The molecule has 1 saturated heterocycles. The minimum Gasteiger partial charge on any atom is -0.481 e. The van der Waals surface area contributed by atoms with Gasteiger partial charge in [0.1, 0.15) is 24.1 Å². The molecule has 0 saturated carbocycles. The van der Waals surface area contributed by atoms with E-state index in [1.165, 1.54) is 38.3 Å². The maximum atomic E-state index is 13.6. The summed E-state index contributed by atoms with van der Waals surface area (Å²) in [7, 11) is -3.29. The third kappa shape index (κ3) is 4.31. The zero-order valence-corrected chi connectivity index (χ0v) is 17.7. The Morgan fingerprint density at radius 2 is 1.75 bits per heavy atom. The van der Waals surface area contributed by atoms with E-state index in [-0.39, 0.29) is 28.1 Å². The number of nitrogens with zero attached hydrogens (tertiary/aromatic N) is 3. The van der Waals surface area contributed by atoms with Crippen LogP contribution in [0.1, 0.15) is 5.82 Å². The van der Waals surface area contributed by atoms with Gasteiger partial charge in [-0.25, -0.2) is 22.5 Å². The molecule has 3 rings (SSSR count). The van der Waals surface area contributed by atoms with E-state index in [2.05, 4.69) is 9.97 Å². The molecule has 2 heterocycles. The summed E-state index contributed by atoms with van der Waals surface area (Å²) >= 11 is 0. The SMILES string of the molecule is COc1cc(N(C2OC(C(=O)O)C(O)C(O)C2O)S(=O)(=O)c2ccc(N)cc2)nc(C)n1. The molecule has 13 nitrogen and oxygen atoms in total. The number of carbonyl (C=O) groups is 1. The Hall–Kier alpha value is -3.04. The summed E-state index contributed by atoms with van der Waals surface area (Å²) in [6, 6.07) is 6.17. The largest absolute Gasteiger partial charge is 0.481 e. The van der Waals surface area contributed by atoms with Gasteiger partial charge in [-0.15, -0.1) is 0 Å². The van der Waals surface area contributed by atoms with Crippen LogP contribution in [0.3, 0.4) is 0 Å². The van der Waals surface area contributed by atoms with Gasteiger partial charge in [-0.05, 0) is 31.2 Å². The van der Waals surface area contributed by atoms with Gasteiger partial charge in [0.05, 0.1) is 12.0 Å². The van der Waals surface area contributed by atoms with E-state index in [1.54, 1.807) is 0 Å². The summed E-state index contributed by atoms with van der Waals surface area (Å²) in [5.74, 6) is -1.93. The van der Waals surface area contributed by atoms with Crippen molar-refractivity contribution in [3.63, 3.8) is 0 Å². The van der Waals surface area contributed by atoms with Crippen molar-refractivity contribution in [2.45, 2.75) is 42.5 Å². The van der Waals surface area contributed by atoms with E-state index < -0.39 is 46.6 Å². The van der Waals surface area contributed by atoms with Crippen molar-refractivity contribution >= 4 is 27.5 Å². The number of aliphatic carboxylic acids is 1. The van der Waals surface area contributed by atoms with Crippen LogP contribution in [0.4, 0.5) is 11.5 Å². The van der Waals surface area contributed by atoms with Gasteiger partial charge in [-0.3, -0.25) is 0 Å². The molecule has 6 N–H and O–H groups in total. The van der Waals surface area contributed by atoms with Gasteiger partial charge in [-0.2, -0.15) is 4.98 Å². The minimum absolute atomic E-state index is 0.0225. The van der Waals surface area contributed by atoms with E-state index in [0.717, 1.165) is 6.07 Å². The number of aliphatic hydroxyl groups excluding tert-OH is 3. The number of carboxylic acid groups (broad SMARTS) is 1. The van der Waals surface area contributed by atoms with Gasteiger partial charge in [0.2, 0.25) is 5.88 Å². The third-order valence-corrected chi connectivity index (χ3v) is 6.52. The average Bonchev–Trinajstić information content (AvgIpc) is 2.73. The summed E-state index contributed by atoms with van der Waals surface area (Å²) in [5.41, 5.74) is 5.91. The number of hydrogen-bond donors (Lipinski definition) is 5. The number of anilines is 2. The Labute approximate surface area is 182 Å². The van der Waals surface area contributed by atoms with Gasteiger partial charge >= 0.3 is 5.97 Å². The molecule has 0 amide bonds. The van der Waals surface area contributed by atoms with Gasteiger partial charge in [0.25, 0.3) is 10.0 Å². The number of aliphatic hydroxyl groups is 3. The molecule has 0 aliphatic carbocycles. The highest BCUT2D eigenvalue weighted by Gasteiger charge is 2.52. The van der Waals surface area contributed by atoms with Crippen LogP contribution in [0.2, 0.25) is 0 Å². The topological polar surface area (TPSA) is 206 Å². The molecule has 14 heteroatoms. The van der Waals surface area contributed by atoms with Crippen LogP contribution < -0.4 is 14.8 Å². The normalized spacial score (nSPS) is 25.8. The molecule has 1 aliphatic heterocycles. The number of methoxy groups -OCH3 is 1. The third-order valence-electron chi connectivity index (χ3n) is 4.74. The quantitative estimate of drug-likeness (QED) is 0.305. The van der Waals surface area contributed by atoms with Gasteiger partial charge < -0.3 is 35.6 Å². The van der Waals surface area contributed by atoms with Crippen molar-refractivity contribution in [3.05, 3.63) is 36.2 Å². The summed E-state index contributed by atoms with van der Waals surface area (Å²) in [6.07, 6.45) is -10.1. The Morgan fingerprint density at radius 3 is 2.31 bits per heavy atom. The first kappa shape index (κ1) is 23.6. The molecule has 1 aliphatic rings. The molecule has 32 heavy (non-hydrogen) atoms. The van der Waals surface area contributed by atoms with Gasteiger partial charge in [0.15, 0.2) is 18.1 Å². The maximum absolute atomic E-state index is 13.6. The zero-order valence-electron chi connectivity index (χ0n) is 16.9. The summed E-state index contributed by atoms with van der Waals surface area (Å²) in [5, 5.41) is 40.1. The molecule has 0 bridgehead atoms. The van der Waals surface area contributed by atoms with Crippen LogP contribution in [0, 0.1) is 6.92 Å². The van der Waals surface area contributed by atoms with Crippen molar-refractivity contribution in [1.82, 2.24) is 9.97 Å². The second-order valence-corrected chi connectivity index (χ2v) is 8.76. The van der Waals surface area contributed by atoms with Crippen molar-refractivity contribution < 1.29 is 43.1 Å². The molecule has 1 aromatic heterocycles. The van der Waals surface area contributed by atoms with Crippen LogP contribution in [0.15, 0.2) is 35.2 Å². The number of sulfonamides is 1. The van der Waals surface area contributed by atoms with E-state index in [4.69, 9.17) is 15.2 Å². The predicted molar refractivity (Wildman–Crippen MR) is 108 cm³/mol. The second-order valence-electron chi connectivity index (χ2n) is 6.94. The Bertz CT molecular complexity index is 1100. The maximum Gasteiger partial charge on any atom is 0.335 e. The smallest absolute Gasteiger partial charge is 0.335 e. The lowest BCUT2D eigenvalue weighted by Gasteiger charge is -2.43. The molecule has 0 spiro atoms. The van der Waals surface area contributed by atoms with Crippen LogP contribution in [0.25, 0.3) is 0 Å². The Kier molecular flexibility index (Phi) is 6.52. The molecular weight excluding hydrogens is 448 g/mol. The first-order valence-electron chi connectivity index (χ1n) is 9.19. The molecule has 0 radical (unpaired) electrons. The molecular formula is C18H22N4O9S. The first-order valence-corrected chi connectivity index (χ1v) is 10.6. The van der Waals surface area contributed by atoms with Crippen LogP contribution >= 0.6 is 0 Å². The highest BCUT2D eigenvalue weighted by atomic mass is 32.2. The summed E-state index contributed by atoms with van der Waals surface area (Å²) < 4.78 is 38.0. The fraction of sp³-hybridized carbons (Fsp3) is 0.389. The number of carboxylic acids is 1. The highest BCUT2D eigenvalue weighted by molar-refractivity contribution is 7.92. The van der Waals surface area contributed by atoms with E-state index >= 15 is 0 Å². The highest BCUT2D eigenvalue weighted by Crippen LogP contribution is 2.33. The zero-order chi connectivity index (χ0) is 23.8. The van der Waals surface area contributed by atoms with Crippen LogP contribution in [-0.4, -0.2) is 82.5 Å². The van der Waals surface area contributed by atoms with Gasteiger partial charge in [-0.1, -0.05) is 0 Å². The molecule has 5 unspecified atom stereocenters. The predicted octanol–water partition coefficient (Wildman–Crippen LogP) is -1.54. The number of nitrogens with two attached hydrogens (primary N) is 1. The number of benzene rings is 1. The number of aromatic nitrogens is 2. The van der Waals surface area contributed by atoms with E-state index in [9.17, 15) is 33.6 Å². The minimum atomic E-state index is -4.57. The first-order chi connectivity index (χ1) is 15.0. The lowest BCUT2D eigenvalue weighted by atomic mass is 9.98. The fourth-order valence-electron chi connectivity index (χ4n) is 3.15. The van der Waals surface area contributed by atoms with E-state index in [1.807, 2.05) is 0 Å². The number of hydrogen-bond acceptors (Lipinski definition) is 11. The van der Waals surface area contributed by atoms with Crippen molar-refractivity contribution in [2.75, 3.05) is 17.1 Å². The van der Waals surface area contributed by atoms with E-state index in [0.29, 0.717) is 4.31 Å². The Balaban J connectivity index is 2.22. The molecule has 1 fully saturated rings. The van der Waals surface area contributed by atoms with Crippen LogP contribution in [-0.2, 0) is 19.6 Å². The summed E-state index contributed by atoms with van der Waals surface area (Å²) in [4.78, 5) is 19.3. The lowest BCUT2D eigenvalue weighted by Crippen LogP contribution is -2.65. The number of rotatable bonds is 6. The van der Waals surface area contributed by atoms with Crippen LogP contribution in [0.5, 0.6) is 5.88 Å². The number of ether oxygens (including phenoxy) is 2. The average molecular weight is 470 g/mol. The second kappa shape index (κ2) is 8.84. The standard InChI is InChI=1S/C18H22N4O9S/c1-8-20-11(7-12(21-8)30-2)22(32(28,29)10-5-3-9(19)4-6-10)17-15(25)13(23)14(24)16(31-17)18(26)27/h3-7,13-17,23-25H,19H2,1-2H3,(H,26,27). The number of nitrogen functional groups attached to an aromatic ring is 1.